The Morgan fingerprint density at radius 1 is 1.33 bits per heavy atom. The van der Waals surface area contributed by atoms with Crippen LogP contribution in [0.25, 0.3) is 0 Å². The van der Waals surface area contributed by atoms with Gasteiger partial charge in [-0.2, -0.15) is 4.31 Å². The molecule has 0 aromatic heterocycles. The third-order valence-corrected chi connectivity index (χ3v) is 4.77. The Balaban J connectivity index is 2.39. The first-order valence-corrected chi connectivity index (χ1v) is 7.08. The number of hydrogen-bond donors (Lipinski definition) is 1. The van der Waals surface area contributed by atoms with E-state index < -0.39 is 26.6 Å². The van der Waals surface area contributed by atoms with Gasteiger partial charge < -0.3 is 5.73 Å². The minimum atomic E-state index is -3.94. The SMILES string of the molecule is NCCN(C1CC1)S(=O)(=O)c1ccc(F)cc1F. The molecule has 0 saturated heterocycles. The monoisotopic (exact) mass is 276 g/mol. The van der Waals surface area contributed by atoms with Crippen molar-refractivity contribution in [2.24, 2.45) is 5.73 Å². The molecule has 1 aromatic carbocycles. The average molecular weight is 276 g/mol. The van der Waals surface area contributed by atoms with Crippen LogP contribution in [0.5, 0.6) is 0 Å². The summed E-state index contributed by atoms with van der Waals surface area (Å²) in [6.45, 7) is 0.308. The van der Waals surface area contributed by atoms with E-state index in [0.29, 0.717) is 6.07 Å². The van der Waals surface area contributed by atoms with E-state index in [1.165, 1.54) is 4.31 Å². The van der Waals surface area contributed by atoms with Crippen molar-refractivity contribution in [2.75, 3.05) is 13.1 Å². The number of sulfonamides is 1. The summed E-state index contributed by atoms with van der Waals surface area (Å²) in [5.41, 5.74) is 5.37. The van der Waals surface area contributed by atoms with Crippen LogP contribution in [0, 0.1) is 11.6 Å². The van der Waals surface area contributed by atoms with Crippen LogP contribution >= 0.6 is 0 Å². The van der Waals surface area contributed by atoms with Gasteiger partial charge in [-0.05, 0) is 25.0 Å². The summed E-state index contributed by atoms with van der Waals surface area (Å²) in [5, 5.41) is 0. The summed E-state index contributed by atoms with van der Waals surface area (Å²) in [7, 11) is -3.94. The molecule has 0 bridgehead atoms. The van der Waals surface area contributed by atoms with Gasteiger partial charge in [-0.15, -0.1) is 0 Å². The summed E-state index contributed by atoms with van der Waals surface area (Å²) in [6.07, 6.45) is 1.50. The van der Waals surface area contributed by atoms with Crippen LogP contribution in [0.4, 0.5) is 8.78 Å². The number of halogens is 2. The topological polar surface area (TPSA) is 63.4 Å². The fourth-order valence-corrected chi connectivity index (χ4v) is 3.55. The lowest BCUT2D eigenvalue weighted by atomic mass is 10.3. The molecular weight excluding hydrogens is 262 g/mol. The van der Waals surface area contributed by atoms with E-state index in [2.05, 4.69) is 0 Å². The Morgan fingerprint density at radius 2 is 2.00 bits per heavy atom. The van der Waals surface area contributed by atoms with Crippen molar-refractivity contribution in [1.29, 1.82) is 0 Å². The second kappa shape index (κ2) is 4.91. The minimum absolute atomic E-state index is 0.108. The molecule has 0 heterocycles. The van der Waals surface area contributed by atoms with Crippen molar-refractivity contribution in [2.45, 2.75) is 23.8 Å². The Kier molecular flexibility index (Phi) is 3.65. The standard InChI is InChI=1S/C11H14F2N2O2S/c12-8-1-4-11(10(13)7-8)18(16,17)15(6-5-14)9-2-3-9/h1,4,7,9H,2-3,5-6,14H2. The second-order valence-electron chi connectivity index (χ2n) is 4.21. The predicted molar refractivity (Wildman–Crippen MR) is 62.3 cm³/mol. The molecule has 0 amide bonds. The molecule has 100 valence electrons. The highest BCUT2D eigenvalue weighted by molar-refractivity contribution is 7.89. The maximum absolute atomic E-state index is 13.6. The lowest BCUT2D eigenvalue weighted by Gasteiger charge is -2.21. The zero-order valence-corrected chi connectivity index (χ0v) is 10.5. The molecule has 1 fully saturated rings. The molecule has 0 atom stereocenters. The highest BCUT2D eigenvalue weighted by atomic mass is 32.2. The Hall–Kier alpha value is -1.05. The van der Waals surface area contributed by atoms with Crippen molar-refractivity contribution < 1.29 is 17.2 Å². The maximum atomic E-state index is 13.6. The van der Waals surface area contributed by atoms with Crippen LogP contribution in [0.1, 0.15) is 12.8 Å². The maximum Gasteiger partial charge on any atom is 0.246 e. The Labute approximate surface area is 104 Å². The quantitative estimate of drug-likeness (QED) is 0.875. The zero-order chi connectivity index (χ0) is 13.3. The lowest BCUT2D eigenvalue weighted by molar-refractivity contribution is 0.407. The number of rotatable bonds is 5. The molecule has 2 N–H and O–H groups in total. The largest absolute Gasteiger partial charge is 0.329 e. The summed E-state index contributed by atoms with van der Waals surface area (Å²) >= 11 is 0. The first-order chi connectivity index (χ1) is 8.46. The van der Waals surface area contributed by atoms with Gasteiger partial charge in [0, 0.05) is 25.2 Å². The van der Waals surface area contributed by atoms with E-state index in [1.54, 1.807) is 0 Å². The van der Waals surface area contributed by atoms with E-state index in [0.717, 1.165) is 25.0 Å². The van der Waals surface area contributed by atoms with Gasteiger partial charge in [0.2, 0.25) is 10.0 Å². The van der Waals surface area contributed by atoms with Crippen molar-refractivity contribution in [1.82, 2.24) is 4.31 Å². The number of hydrogen-bond acceptors (Lipinski definition) is 3. The molecule has 1 saturated carbocycles. The normalized spacial score (nSPS) is 16.2. The summed E-state index contributed by atoms with van der Waals surface area (Å²) in [6, 6.07) is 2.35. The molecule has 0 radical (unpaired) electrons. The van der Waals surface area contributed by atoms with Crippen LogP contribution < -0.4 is 5.73 Å². The van der Waals surface area contributed by atoms with Crippen molar-refractivity contribution in [3.05, 3.63) is 29.8 Å². The molecule has 0 unspecified atom stereocenters. The van der Waals surface area contributed by atoms with Crippen LogP contribution in [0.2, 0.25) is 0 Å². The highest BCUT2D eigenvalue weighted by Crippen LogP contribution is 2.32. The van der Waals surface area contributed by atoms with Gasteiger partial charge in [-0.3, -0.25) is 0 Å². The molecule has 0 aliphatic heterocycles. The molecule has 0 spiro atoms. The lowest BCUT2D eigenvalue weighted by Crippen LogP contribution is -2.37. The van der Waals surface area contributed by atoms with Gasteiger partial charge in [0.1, 0.15) is 16.5 Å². The summed E-state index contributed by atoms with van der Waals surface area (Å²) in [5.74, 6) is -1.87. The zero-order valence-electron chi connectivity index (χ0n) is 9.64. The van der Waals surface area contributed by atoms with Gasteiger partial charge in [0.15, 0.2) is 0 Å². The first kappa shape index (κ1) is 13.4. The van der Waals surface area contributed by atoms with E-state index in [-0.39, 0.29) is 19.1 Å². The fraction of sp³-hybridized carbons (Fsp3) is 0.455. The number of nitrogens with two attached hydrogens (primary N) is 1. The van der Waals surface area contributed by atoms with Crippen LogP contribution in [-0.4, -0.2) is 31.9 Å². The van der Waals surface area contributed by atoms with E-state index >= 15 is 0 Å². The van der Waals surface area contributed by atoms with Crippen molar-refractivity contribution in [3.63, 3.8) is 0 Å². The molecule has 7 heteroatoms. The van der Waals surface area contributed by atoms with Gasteiger partial charge in [-0.1, -0.05) is 0 Å². The van der Waals surface area contributed by atoms with E-state index in [4.69, 9.17) is 5.73 Å². The molecule has 18 heavy (non-hydrogen) atoms. The minimum Gasteiger partial charge on any atom is -0.329 e. The molecule has 1 aliphatic rings. The molecular formula is C11H14F2N2O2S. The summed E-state index contributed by atoms with van der Waals surface area (Å²) in [4.78, 5) is -0.496. The third-order valence-electron chi connectivity index (χ3n) is 2.78. The Bertz CT molecular complexity index is 544. The molecule has 1 aliphatic carbocycles. The van der Waals surface area contributed by atoms with Crippen LogP contribution in [0.3, 0.4) is 0 Å². The van der Waals surface area contributed by atoms with Crippen LogP contribution in [0.15, 0.2) is 23.1 Å². The van der Waals surface area contributed by atoms with Crippen LogP contribution in [-0.2, 0) is 10.0 Å². The van der Waals surface area contributed by atoms with Gasteiger partial charge in [-0.25, -0.2) is 17.2 Å². The van der Waals surface area contributed by atoms with E-state index in [9.17, 15) is 17.2 Å². The van der Waals surface area contributed by atoms with E-state index in [1.807, 2.05) is 0 Å². The second-order valence-corrected chi connectivity index (χ2v) is 6.07. The highest BCUT2D eigenvalue weighted by Gasteiger charge is 2.38. The molecule has 1 aromatic rings. The smallest absolute Gasteiger partial charge is 0.246 e. The number of benzene rings is 1. The Morgan fingerprint density at radius 3 is 2.50 bits per heavy atom. The molecule has 2 rings (SSSR count). The van der Waals surface area contributed by atoms with Gasteiger partial charge >= 0.3 is 0 Å². The fourth-order valence-electron chi connectivity index (χ4n) is 1.80. The third kappa shape index (κ3) is 2.52. The van der Waals surface area contributed by atoms with Gasteiger partial charge in [0.25, 0.3) is 0 Å². The predicted octanol–water partition coefficient (Wildman–Crippen LogP) is 1.08. The molecule has 4 nitrogen and oxygen atoms in total. The summed E-state index contributed by atoms with van der Waals surface area (Å²) < 4.78 is 52.0. The van der Waals surface area contributed by atoms with Crippen molar-refractivity contribution >= 4 is 10.0 Å². The first-order valence-electron chi connectivity index (χ1n) is 5.64. The van der Waals surface area contributed by atoms with Crippen molar-refractivity contribution in [3.8, 4) is 0 Å². The average Bonchev–Trinajstić information content (AvgIpc) is 3.08. The van der Waals surface area contributed by atoms with Gasteiger partial charge in [0.05, 0.1) is 0 Å². The number of nitrogens with zero attached hydrogens (tertiary/aromatic N) is 1.